The predicted octanol–water partition coefficient (Wildman–Crippen LogP) is 3.61. The molecule has 0 aromatic rings. The summed E-state index contributed by atoms with van der Waals surface area (Å²) in [4.78, 5) is 4.01. The molecule has 1 saturated carbocycles. The molecule has 0 saturated heterocycles. The first kappa shape index (κ1) is 11.9. The van der Waals surface area contributed by atoms with Crippen LogP contribution in [0.25, 0.3) is 0 Å². The Balaban J connectivity index is 0.000000671. The Morgan fingerprint density at radius 1 is 1.46 bits per heavy atom. The molecule has 1 aliphatic rings. The van der Waals surface area contributed by atoms with E-state index in [0.29, 0.717) is 0 Å². The Morgan fingerprint density at radius 3 is 2.46 bits per heavy atom. The van der Waals surface area contributed by atoms with Gasteiger partial charge in [-0.05, 0) is 37.8 Å². The van der Waals surface area contributed by atoms with Crippen molar-refractivity contribution in [1.82, 2.24) is 0 Å². The highest BCUT2D eigenvalue weighted by Crippen LogP contribution is 2.20. The van der Waals surface area contributed by atoms with E-state index in [-0.39, 0.29) is 5.88 Å². The van der Waals surface area contributed by atoms with Crippen LogP contribution in [0.3, 0.4) is 0 Å². The minimum absolute atomic E-state index is 0.100. The zero-order valence-electron chi connectivity index (χ0n) is 8.80. The molecular formula is C11H19NO. The molecule has 0 aromatic carbocycles. The predicted molar refractivity (Wildman–Crippen MR) is 58.2 cm³/mol. The van der Waals surface area contributed by atoms with Gasteiger partial charge in [-0.15, -0.1) is 0 Å². The number of nitrogens with zero attached hydrogens (tertiary/aromatic N) is 1. The van der Waals surface area contributed by atoms with Crippen molar-refractivity contribution in [2.24, 2.45) is 4.99 Å². The van der Waals surface area contributed by atoms with E-state index in [1.807, 2.05) is 13.8 Å². The van der Waals surface area contributed by atoms with Crippen LogP contribution in [-0.2, 0) is 0 Å². The number of allylic oxidation sites excluding steroid dienone is 2. The first-order valence-corrected chi connectivity index (χ1v) is 4.85. The zero-order chi connectivity index (χ0) is 10.3. The number of rotatable bonds is 1. The van der Waals surface area contributed by atoms with Crippen LogP contribution in [0.1, 0.15) is 40.0 Å². The number of aliphatic imine (C=N–C) groups is 1. The monoisotopic (exact) mass is 181 g/mol. The van der Waals surface area contributed by atoms with E-state index in [4.69, 9.17) is 5.11 Å². The van der Waals surface area contributed by atoms with Gasteiger partial charge >= 0.3 is 0 Å². The van der Waals surface area contributed by atoms with Gasteiger partial charge in [0.1, 0.15) is 0 Å². The lowest BCUT2D eigenvalue weighted by Gasteiger charge is -1.95. The van der Waals surface area contributed by atoms with Gasteiger partial charge in [-0.2, -0.15) is 0 Å². The molecule has 0 spiro atoms. The van der Waals surface area contributed by atoms with Crippen LogP contribution >= 0.6 is 0 Å². The number of hydrogen-bond acceptors (Lipinski definition) is 2. The molecule has 74 valence electrons. The van der Waals surface area contributed by atoms with E-state index in [1.54, 1.807) is 13.0 Å². The van der Waals surface area contributed by atoms with Gasteiger partial charge < -0.3 is 5.11 Å². The Labute approximate surface area is 80.7 Å². The van der Waals surface area contributed by atoms with Crippen LogP contribution < -0.4 is 0 Å². The summed E-state index contributed by atoms with van der Waals surface area (Å²) in [7, 11) is 0. The molecule has 0 heterocycles. The number of aliphatic hydroxyl groups excluding tert-OH is 1. The highest BCUT2D eigenvalue weighted by atomic mass is 16.3. The molecular weight excluding hydrogens is 162 g/mol. The molecule has 0 bridgehead atoms. The van der Waals surface area contributed by atoms with Crippen molar-refractivity contribution in [1.29, 1.82) is 0 Å². The van der Waals surface area contributed by atoms with E-state index in [0.717, 1.165) is 30.5 Å². The molecule has 0 amide bonds. The average Bonchev–Trinajstić information content (AvgIpc) is 2.55. The van der Waals surface area contributed by atoms with Gasteiger partial charge in [0.2, 0.25) is 5.88 Å². The molecule has 0 atom stereocenters. The van der Waals surface area contributed by atoms with Gasteiger partial charge in [0.25, 0.3) is 0 Å². The average molecular weight is 181 g/mol. The Morgan fingerprint density at radius 2 is 2.08 bits per heavy atom. The van der Waals surface area contributed by atoms with Crippen molar-refractivity contribution in [3.63, 3.8) is 0 Å². The van der Waals surface area contributed by atoms with Crippen molar-refractivity contribution in [2.75, 3.05) is 0 Å². The molecule has 0 aliphatic heterocycles. The number of aliphatic hydroxyl groups is 1. The second-order valence-corrected chi connectivity index (χ2v) is 2.66. The van der Waals surface area contributed by atoms with Gasteiger partial charge in [-0.1, -0.05) is 20.4 Å². The molecule has 1 N–H and O–H groups in total. The third-order valence-electron chi connectivity index (χ3n) is 1.81. The third-order valence-corrected chi connectivity index (χ3v) is 1.81. The highest BCUT2D eigenvalue weighted by molar-refractivity contribution is 6.01. The zero-order valence-corrected chi connectivity index (χ0v) is 8.80. The summed E-state index contributed by atoms with van der Waals surface area (Å²) in [6, 6.07) is 0. The third kappa shape index (κ3) is 3.92. The second kappa shape index (κ2) is 6.46. The van der Waals surface area contributed by atoms with Crippen molar-refractivity contribution < 1.29 is 5.11 Å². The maximum absolute atomic E-state index is 9.07. The van der Waals surface area contributed by atoms with Crippen molar-refractivity contribution in [3.05, 3.63) is 24.1 Å². The smallest absolute Gasteiger partial charge is 0.206 e. The minimum atomic E-state index is 0.100. The fourth-order valence-corrected chi connectivity index (χ4v) is 1.13. The van der Waals surface area contributed by atoms with Crippen LogP contribution in [0.2, 0.25) is 0 Å². The van der Waals surface area contributed by atoms with Crippen LogP contribution in [0.4, 0.5) is 0 Å². The normalized spacial score (nSPS) is 20.1. The fraction of sp³-hybridized carbons (Fsp3) is 0.545. The van der Waals surface area contributed by atoms with Gasteiger partial charge in [0, 0.05) is 5.71 Å². The lowest BCUT2D eigenvalue weighted by molar-refractivity contribution is 0.405. The largest absolute Gasteiger partial charge is 0.493 e. The van der Waals surface area contributed by atoms with Crippen molar-refractivity contribution in [2.45, 2.75) is 40.0 Å². The van der Waals surface area contributed by atoms with E-state index >= 15 is 0 Å². The standard InChI is InChI=1S/C9H13NO.C2H6/c1-3-9(11)10-8-6-4-5-7(8)2;1-2/h3,11H,2,4-6H2,1H3;1-2H3/b9-3+,10-8-;. The molecule has 1 aliphatic carbocycles. The van der Waals surface area contributed by atoms with Crippen LogP contribution in [0.15, 0.2) is 29.1 Å². The van der Waals surface area contributed by atoms with Gasteiger partial charge in [-0.3, -0.25) is 0 Å². The van der Waals surface area contributed by atoms with Crippen molar-refractivity contribution >= 4 is 5.71 Å². The molecule has 1 fully saturated rings. The highest BCUT2D eigenvalue weighted by Gasteiger charge is 2.12. The fourth-order valence-electron chi connectivity index (χ4n) is 1.13. The van der Waals surface area contributed by atoms with Gasteiger partial charge in [-0.25, -0.2) is 4.99 Å². The summed E-state index contributed by atoms with van der Waals surface area (Å²) in [5, 5.41) is 9.07. The van der Waals surface area contributed by atoms with E-state index in [9.17, 15) is 0 Å². The first-order chi connectivity index (χ1) is 6.24. The van der Waals surface area contributed by atoms with Gasteiger partial charge in [0.05, 0.1) is 0 Å². The summed E-state index contributed by atoms with van der Waals surface area (Å²) in [5.41, 5.74) is 2.03. The maximum Gasteiger partial charge on any atom is 0.206 e. The molecule has 2 heteroatoms. The summed E-state index contributed by atoms with van der Waals surface area (Å²) < 4.78 is 0. The van der Waals surface area contributed by atoms with Crippen LogP contribution in [-0.4, -0.2) is 10.8 Å². The van der Waals surface area contributed by atoms with E-state index < -0.39 is 0 Å². The Bertz CT molecular complexity index is 226. The summed E-state index contributed by atoms with van der Waals surface area (Å²) in [6.45, 7) is 9.61. The van der Waals surface area contributed by atoms with E-state index in [1.165, 1.54) is 0 Å². The lowest BCUT2D eigenvalue weighted by Crippen LogP contribution is -1.92. The SMILES string of the molecule is C=C1CCC/C1=N/C(O)=C\C.CC. The molecule has 0 aromatic heterocycles. The summed E-state index contributed by atoms with van der Waals surface area (Å²) in [6.07, 6.45) is 4.68. The van der Waals surface area contributed by atoms with Crippen LogP contribution in [0, 0.1) is 0 Å². The molecule has 2 nitrogen and oxygen atoms in total. The minimum Gasteiger partial charge on any atom is -0.493 e. The second-order valence-electron chi connectivity index (χ2n) is 2.66. The van der Waals surface area contributed by atoms with Gasteiger partial charge in [0.15, 0.2) is 0 Å². The molecule has 13 heavy (non-hydrogen) atoms. The Hall–Kier alpha value is -1.05. The molecule has 0 radical (unpaired) electrons. The number of hydrogen-bond donors (Lipinski definition) is 1. The first-order valence-electron chi connectivity index (χ1n) is 4.85. The summed E-state index contributed by atoms with van der Waals surface area (Å²) in [5.74, 6) is 0.100. The van der Waals surface area contributed by atoms with E-state index in [2.05, 4.69) is 11.6 Å². The quantitative estimate of drug-likeness (QED) is 0.616. The Kier molecular flexibility index (Phi) is 5.94. The van der Waals surface area contributed by atoms with Crippen LogP contribution in [0.5, 0.6) is 0 Å². The molecule has 1 rings (SSSR count). The topological polar surface area (TPSA) is 32.6 Å². The maximum atomic E-state index is 9.07. The van der Waals surface area contributed by atoms with Crippen molar-refractivity contribution in [3.8, 4) is 0 Å². The lowest BCUT2D eigenvalue weighted by atomic mass is 10.2. The molecule has 0 unspecified atom stereocenters. The summed E-state index contributed by atoms with van der Waals surface area (Å²) >= 11 is 0.